The molecule has 0 unspecified atom stereocenters. The highest BCUT2D eigenvalue weighted by molar-refractivity contribution is 5.52. The Labute approximate surface area is 76.1 Å². The maximum Gasteiger partial charge on any atom is 0.164 e. The highest BCUT2D eigenvalue weighted by Crippen LogP contribution is 2.24. The van der Waals surface area contributed by atoms with Crippen molar-refractivity contribution < 1.29 is 8.78 Å². The summed E-state index contributed by atoms with van der Waals surface area (Å²) in [7, 11) is 0. The number of benzene rings is 1. The quantitative estimate of drug-likeness (QED) is 0.638. The first-order valence-corrected chi connectivity index (χ1v) is 4.14. The van der Waals surface area contributed by atoms with E-state index in [2.05, 4.69) is 11.7 Å². The second kappa shape index (κ2) is 4.12. The van der Waals surface area contributed by atoms with Gasteiger partial charge in [-0.25, -0.2) is 8.78 Å². The second-order valence-corrected chi connectivity index (χ2v) is 2.77. The molecule has 0 heterocycles. The lowest BCUT2D eigenvalue weighted by atomic mass is 10.1. The Balaban J connectivity index is 3.23. The van der Waals surface area contributed by atoms with Crippen LogP contribution in [0.5, 0.6) is 0 Å². The summed E-state index contributed by atoms with van der Waals surface area (Å²) in [6.45, 7) is 5.21. The predicted octanol–water partition coefficient (Wildman–Crippen LogP) is 3.25. The summed E-state index contributed by atoms with van der Waals surface area (Å²) in [4.78, 5) is 3.63. The highest BCUT2D eigenvalue weighted by atomic mass is 19.2. The van der Waals surface area contributed by atoms with Crippen LogP contribution in [0.2, 0.25) is 0 Å². The average Bonchev–Trinajstić information content (AvgIpc) is 2.14. The molecule has 0 atom stereocenters. The minimum absolute atomic E-state index is 0.317. The van der Waals surface area contributed by atoms with Gasteiger partial charge < -0.3 is 0 Å². The fourth-order valence-electron chi connectivity index (χ4n) is 1.22. The summed E-state index contributed by atoms with van der Waals surface area (Å²) in [5, 5.41) is 0. The van der Waals surface area contributed by atoms with Crippen LogP contribution in [0.15, 0.2) is 17.1 Å². The zero-order chi connectivity index (χ0) is 9.84. The summed E-state index contributed by atoms with van der Waals surface area (Å²) in [6, 6.07) is 2.51. The minimum Gasteiger partial charge on any atom is -0.264 e. The molecular weight excluding hydrogens is 172 g/mol. The van der Waals surface area contributed by atoms with E-state index >= 15 is 0 Å². The van der Waals surface area contributed by atoms with Gasteiger partial charge in [-0.05, 0) is 25.3 Å². The Morgan fingerprint density at radius 1 is 1.38 bits per heavy atom. The Morgan fingerprint density at radius 2 is 2.08 bits per heavy atom. The molecule has 0 aliphatic rings. The van der Waals surface area contributed by atoms with E-state index in [4.69, 9.17) is 0 Å². The van der Waals surface area contributed by atoms with E-state index < -0.39 is 11.6 Å². The van der Waals surface area contributed by atoms with Crippen LogP contribution in [0.1, 0.15) is 18.9 Å². The van der Waals surface area contributed by atoms with E-state index in [1.54, 1.807) is 0 Å². The van der Waals surface area contributed by atoms with Crippen molar-refractivity contribution in [1.29, 1.82) is 0 Å². The van der Waals surface area contributed by atoms with Crippen LogP contribution in [-0.4, -0.2) is 6.72 Å². The molecule has 0 saturated heterocycles. The monoisotopic (exact) mass is 183 g/mol. The van der Waals surface area contributed by atoms with Gasteiger partial charge in [0.1, 0.15) is 0 Å². The average molecular weight is 183 g/mol. The lowest BCUT2D eigenvalue weighted by Crippen LogP contribution is -1.94. The standard InChI is InChI=1S/C10H11F2N/c1-3-4-7-9(13-2)6-5-8(11)10(7)12/h5-6H,2-4H2,1H3. The van der Waals surface area contributed by atoms with Gasteiger partial charge in [-0.1, -0.05) is 13.3 Å². The van der Waals surface area contributed by atoms with Crippen molar-refractivity contribution in [2.24, 2.45) is 4.99 Å². The van der Waals surface area contributed by atoms with Gasteiger partial charge in [0.15, 0.2) is 11.6 Å². The molecule has 3 heteroatoms. The lowest BCUT2D eigenvalue weighted by Gasteiger charge is -2.05. The Morgan fingerprint density at radius 3 is 2.62 bits per heavy atom. The normalized spacial score (nSPS) is 10.1. The SMILES string of the molecule is C=Nc1ccc(F)c(F)c1CCC. The minimum atomic E-state index is -0.823. The Kier molecular flexibility index (Phi) is 3.12. The van der Waals surface area contributed by atoms with Crippen molar-refractivity contribution in [3.63, 3.8) is 0 Å². The van der Waals surface area contributed by atoms with Gasteiger partial charge in [0.25, 0.3) is 0 Å². The maximum atomic E-state index is 13.2. The van der Waals surface area contributed by atoms with Crippen LogP contribution in [-0.2, 0) is 6.42 Å². The molecule has 1 aromatic rings. The molecule has 1 rings (SSSR count). The Hall–Kier alpha value is -1.25. The molecule has 0 radical (unpaired) electrons. The molecule has 13 heavy (non-hydrogen) atoms. The van der Waals surface area contributed by atoms with Gasteiger partial charge in [0, 0.05) is 5.56 Å². The van der Waals surface area contributed by atoms with Gasteiger partial charge in [-0.2, -0.15) is 0 Å². The number of rotatable bonds is 3. The second-order valence-electron chi connectivity index (χ2n) is 2.77. The van der Waals surface area contributed by atoms with Crippen LogP contribution in [0.25, 0.3) is 0 Å². The van der Waals surface area contributed by atoms with Gasteiger partial charge in [0.05, 0.1) is 5.69 Å². The van der Waals surface area contributed by atoms with Gasteiger partial charge >= 0.3 is 0 Å². The third kappa shape index (κ3) is 1.91. The number of halogens is 2. The first kappa shape index (κ1) is 9.84. The summed E-state index contributed by atoms with van der Waals surface area (Å²) >= 11 is 0. The van der Waals surface area contributed by atoms with Crippen molar-refractivity contribution in [2.45, 2.75) is 19.8 Å². The van der Waals surface area contributed by atoms with E-state index in [9.17, 15) is 8.78 Å². The van der Waals surface area contributed by atoms with Gasteiger partial charge in [0.2, 0.25) is 0 Å². The first-order chi connectivity index (χ1) is 6.20. The molecule has 0 fully saturated rings. The van der Waals surface area contributed by atoms with Crippen LogP contribution in [0, 0.1) is 11.6 Å². The molecule has 0 N–H and O–H groups in total. The topological polar surface area (TPSA) is 12.4 Å². The van der Waals surface area contributed by atoms with Crippen LogP contribution >= 0.6 is 0 Å². The molecule has 70 valence electrons. The fourth-order valence-corrected chi connectivity index (χ4v) is 1.22. The maximum absolute atomic E-state index is 13.2. The van der Waals surface area contributed by atoms with Gasteiger partial charge in [-0.15, -0.1) is 0 Å². The largest absolute Gasteiger partial charge is 0.264 e. The predicted molar refractivity (Wildman–Crippen MR) is 49.6 cm³/mol. The molecule has 0 saturated carbocycles. The molecule has 1 nitrogen and oxygen atoms in total. The first-order valence-electron chi connectivity index (χ1n) is 4.14. The van der Waals surface area contributed by atoms with E-state index in [0.717, 1.165) is 12.5 Å². The van der Waals surface area contributed by atoms with Crippen molar-refractivity contribution in [2.75, 3.05) is 0 Å². The molecule has 0 bridgehead atoms. The van der Waals surface area contributed by atoms with Crippen LogP contribution in [0.3, 0.4) is 0 Å². The molecule has 0 spiro atoms. The molecular formula is C10H11F2N. The molecule has 0 aromatic heterocycles. The van der Waals surface area contributed by atoms with E-state index in [1.807, 2.05) is 6.92 Å². The van der Waals surface area contributed by atoms with Gasteiger partial charge in [-0.3, -0.25) is 4.99 Å². The summed E-state index contributed by atoms with van der Waals surface area (Å²) in [5.74, 6) is -1.62. The van der Waals surface area contributed by atoms with E-state index in [0.29, 0.717) is 17.7 Å². The van der Waals surface area contributed by atoms with Crippen LogP contribution < -0.4 is 0 Å². The smallest absolute Gasteiger partial charge is 0.164 e. The fraction of sp³-hybridized carbons (Fsp3) is 0.300. The van der Waals surface area contributed by atoms with Crippen molar-refractivity contribution in [3.05, 3.63) is 29.3 Å². The van der Waals surface area contributed by atoms with Crippen molar-refractivity contribution in [3.8, 4) is 0 Å². The molecule has 0 amide bonds. The van der Waals surface area contributed by atoms with E-state index in [-0.39, 0.29) is 0 Å². The molecule has 0 aliphatic heterocycles. The van der Waals surface area contributed by atoms with Crippen LogP contribution in [0.4, 0.5) is 14.5 Å². The Bertz CT molecular complexity index is 321. The highest BCUT2D eigenvalue weighted by Gasteiger charge is 2.11. The number of nitrogens with zero attached hydrogens (tertiary/aromatic N) is 1. The molecule has 1 aromatic carbocycles. The summed E-state index contributed by atoms with van der Waals surface area (Å²) in [5.41, 5.74) is 0.748. The van der Waals surface area contributed by atoms with Crippen molar-refractivity contribution >= 4 is 12.4 Å². The third-order valence-corrected chi connectivity index (χ3v) is 1.84. The summed E-state index contributed by atoms with van der Waals surface area (Å²) in [6.07, 6.45) is 1.24. The number of hydrogen-bond acceptors (Lipinski definition) is 1. The summed E-state index contributed by atoms with van der Waals surface area (Å²) < 4.78 is 26.0. The van der Waals surface area contributed by atoms with Crippen molar-refractivity contribution in [1.82, 2.24) is 0 Å². The number of hydrogen-bond donors (Lipinski definition) is 0. The molecule has 0 aliphatic carbocycles. The zero-order valence-corrected chi connectivity index (χ0v) is 7.48. The van der Waals surface area contributed by atoms with E-state index in [1.165, 1.54) is 6.07 Å². The zero-order valence-electron chi connectivity index (χ0n) is 7.48. The third-order valence-electron chi connectivity index (χ3n) is 1.84. The number of aliphatic imine (C=N–C) groups is 1. The lowest BCUT2D eigenvalue weighted by molar-refractivity contribution is 0.498.